The molecule has 0 bridgehead atoms. The van der Waals surface area contributed by atoms with Crippen molar-refractivity contribution in [3.8, 4) is 0 Å². The fraction of sp³-hybridized carbons (Fsp3) is 0.950. The molecule has 7 atom stereocenters. The van der Waals surface area contributed by atoms with E-state index in [1.807, 2.05) is 0 Å². The Balaban J connectivity index is 1.64. The van der Waals surface area contributed by atoms with Gasteiger partial charge in [0.2, 0.25) is 0 Å². The number of rotatable bonds is 1. The molecule has 0 N–H and O–H groups in total. The van der Waals surface area contributed by atoms with Crippen LogP contribution in [0.5, 0.6) is 0 Å². The van der Waals surface area contributed by atoms with E-state index in [1.54, 1.807) is 0 Å². The molecule has 0 aliphatic heterocycles. The molecular weight excluding hydrogens is 256 g/mol. The first-order valence-corrected chi connectivity index (χ1v) is 9.55. The maximum Gasteiger partial charge on any atom is 0.123 e. The monoisotopic (exact) mass is 288 g/mol. The molecule has 0 radical (unpaired) electrons. The molecule has 4 aliphatic carbocycles. The quantitative estimate of drug-likeness (QED) is 0.603. The van der Waals surface area contributed by atoms with Gasteiger partial charge >= 0.3 is 0 Å². The molecule has 1 nitrogen and oxygen atoms in total. The van der Waals surface area contributed by atoms with E-state index in [2.05, 4.69) is 13.8 Å². The fourth-order valence-corrected chi connectivity index (χ4v) is 7.56. The highest BCUT2D eigenvalue weighted by Gasteiger charge is 2.59. The van der Waals surface area contributed by atoms with E-state index >= 15 is 0 Å². The van der Waals surface area contributed by atoms with Crippen LogP contribution < -0.4 is 0 Å². The maximum absolute atomic E-state index is 11.5. The average molecular weight is 288 g/mol. The number of hydrogen-bond acceptors (Lipinski definition) is 1. The zero-order valence-corrected chi connectivity index (χ0v) is 13.9. The molecule has 4 saturated carbocycles. The summed E-state index contributed by atoms with van der Waals surface area (Å²) in [6, 6.07) is 0. The van der Waals surface area contributed by atoms with Gasteiger partial charge < -0.3 is 4.79 Å². The number of fused-ring (bicyclic) bond motifs is 5. The molecule has 3 unspecified atom stereocenters. The standard InChI is InChI=1S/C20H32O/c1-19-11-4-3-5-14(19)6-8-16-17-9-7-15(13-21)20(17,2)12-10-18(16)19/h13-18H,3-12H2,1-2H3/t14-,15+,16?,17?,18?,19-,20+/m0/s1. The van der Waals surface area contributed by atoms with E-state index in [0.717, 1.165) is 23.7 Å². The summed E-state index contributed by atoms with van der Waals surface area (Å²) in [7, 11) is 0. The Morgan fingerprint density at radius 1 is 0.810 bits per heavy atom. The first-order chi connectivity index (χ1) is 10.1. The first-order valence-electron chi connectivity index (χ1n) is 9.55. The number of aldehydes is 1. The minimum absolute atomic E-state index is 0.348. The van der Waals surface area contributed by atoms with E-state index in [-0.39, 0.29) is 0 Å². The molecule has 4 aliphatic rings. The predicted octanol–water partition coefficient (Wildman–Crippen LogP) is 5.23. The predicted molar refractivity (Wildman–Crippen MR) is 85.9 cm³/mol. The third-order valence-electron chi connectivity index (χ3n) is 8.82. The second-order valence-electron chi connectivity index (χ2n) is 9.27. The van der Waals surface area contributed by atoms with E-state index in [9.17, 15) is 4.79 Å². The van der Waals surface area contributed by atoms with Gasteiger partial charge in [0.25, 0.3) is 0 Å². The van der Waals surface area contributed by atoms with Crippen LogP contribution in [-0.4, -0.2) is 6.29 Å². The normalized spacial score (nSPS) is 56.2. The van der Waals surface area contributed by atoms with Gasteiger partial charge in [0, 0.05) is 5.92 Å². The van der Waals surface area contributed by atoms with Gasteiger partial charge in [-0.3, -0.25) is 0 Å². The molecule has 0 aromatic rings. The van der Waals surface area contributed by atoms with Crippen molar-refractivity contribution < 1.29 is 4.79 Å². The molecule has 0 aromatic carbocycles. The number of hydrogen-bond donors (Lipinski definition) is 0. The zero-order chi connectivity index (χ0) is 14.7. The van der Waals surface area contributed by atoms with Crippen molar-refractivity contribution in [3.05, 3.63) is 0 Å². The molecule has 0 heterocycles. The van der Waals surface area contributed by atoms with Gasteiger partial charge in [-0.15, -0.1) is 0 Å². The number of carbonyl (C=O) groups excluding carboxylic acids is 1. The Morgan fingerprint density at radius 3 is 2.43 bits per heavy atom. The molecule has 0 aromatic heterocycles. The van der Waals surface area contributed by atoms with Crippen LogP contribution in [0.2, 0.25) is 0 Å². The average Bonchev–Trinajstić information content (AvgIpc) is 2.83. The highest BCUT2D eigenvalue weighted by molar-refractivity contribution is 5.56. The lowest BCUT2D eigenvalue weighted by molar-refractivity contribution is -0.125. The van der Waals surface area contributed by atoms with Crippen LogP contribution in [0.3, 0.4) is 0 Å². The summed E-state index contributed by atoms with van der Waals surface area (Å²) in [5.41, 5.74) is 0.989. The molecule has 0 spiro atoms. The minimum atomic E-state index is 0.348. The van der Waals surface area contributed by atoms with Crippen LogP contribution in [0.4, 0.5) is 0 Å². The molecule has 0 saturated heterocycles. The lowest BCUT2D eigenvalue weighted by atomic mass is 9.45. The Bertz CT molecular complexity index is 430. The summed E-state index contributed by atoms with van der Waals surface area (Å²) in [4.78, 5) is 11.5. The Hall–Kier alpha value is -0.330. The third kappa shape index (κ3) is 1.85. The van der Waals surface area contributed by atoms with Crippen molar-refractivity contribution in [1.29, 1.82) is 0 Å². The Morgan fingerprint density at radius 2 is 1.62 bits per heavy atom. The minimum Gasteiger partial charge on any atom is -0.303 e. The van der Waals surface area contributed by atoms with Crippen molar-refractivity contribution in [1.82, 2.24) is 0 Å². The molecular formula is C20H32O. The van der Waals surface area contributed by atoms with Crippen LogP contribution in [0.25, 0.3) is 0 Å². The van der Waals surface area contributed by atoms with Crippen LogP contribution in [0.1, 0.15) is 78.1 Å². The second kappa shape index (κ2) is 4.83. The largest absolute Gasteiger partial charge is 0.303 e. The van der Waals surface area contributed by atoms with Gasteiger partial charge in [-0.2, -0.15) is 0 Å². The summed E-state index contributed by atoms with van der Waals surface area (Å²) in [6.07, 6.45) is 15.4. The second-order valence-corrected chi connectivity index (χ2v) is 9.27. The number of carbonyl (C=O) groups is 1. The summed E-state index contributed by atoms with van der Waals surface area (Å²) in [5.74, 6) is 4.14. The van der Waals surface area contributed by atoms with Crippen molar-refractivity contribution in [2.24, 2.45) is 40.4 Å². The fourth-order valence-electron chi connectivity index (χ4n) is 7.56. The molecule has 4 rings (SSSR count). The SMILES string of the molecule is C[C@]12CCC3C(CC[C@@H]4CCCC[C@]34C)C1CC[C@@H]2C=O. The van der Waals surface area contributed by atoms with Gasteiger partial charge in [-0.05, 0) is 85.9 Å². The van der Waals surface area contributed by atoms with Crippen molar-refractivity contribution >= 4 is 6.29 Å². The highest BCUT2D eigenvalue weighted by atomic mass is 16.1. The van der Waals surface area contributed by atoms with Gasteiger partial charge in [-0.25, -0.2) is 0 Å². The van der Waals surface area contributed by atoms with E-state index in [4.69, 9.17) is 0 Å². The van der Waals surface area contributed by atoms with Crippen LogP contribution in [0.15, 0.2) is 0 Å². The molecule has 118 valence electrons. The van der Waals surface area contributed by atoms with Crippen molar-refractivity contribution in [3.63, 3.8) is 0 Å². The summed E-state index contributed by atoms with van der Waals surface area (Å²) in [6.45, 7) is 5.09. The van der Waals surface area contributed by atoms with E-state index in [0.29, 0.717) is 16.7 Å². The first kappa shape index (κ1) is 14.3. The Kier molecular flexibility index (Phi) is 3.28. The van der Waals surface area contributed by atoms with Gasteiger partial charge in [0.1, 0.15) is 6.29 Å². The summed E-state index contributed by atoms with van der Waals surface area (Å²) in [5, 5.41) is 0. The highest BCUT2D eigenvalue weighted by Crippen LogP contribution is 2.67. The van der Waals surface area contributed by atoms with Gasteiger partial charge in [0.15, 0.2) is 0 Å². The summed E-state index contributed by atoms with van der Waals surface area (Å²) < 4.78 is 0. The van der Waals surface area contributed by atoms with E-state index < -0.39 is 0 Å². The molecule has 1 heteroatoms. The maximum atomic E-state index is 11.5. The molecule has 4 fully saturated rings. The topological polar surface area (TPSA) is 17.1 Å². The molecule has 0 amide bonds. The third-order valence-corrected chi connectivity index (χ3v) is 8.82. The van der Waals surface area contributed by atoms with E-state index in [1.165, 1.54) is 70.5 Å². The van der Waals surface area contributed by atoms with Gasteiger partial charge in [-0.1, -0.05) is 26.7 Å². The smallest absolute Gasteiger partial charge is 0.123 e. The Labute approximate surface area is 130 Å². The van der Waals surface area contributed by atoms with Crippen molar-refractivity contribution in [2.75, 3.05) is 0 Å². The van der Waals surface area contributed by atoms with Crippen LogP contribution in [0, 0.1) is 40.4 Å². The zero-order valence-electron chi connectivity index (χ0n) is 13.9. The lowest BCUT2D eigenvalue weighted by Gasteiger charge is -2.60. The van der Waals surface area contributed by atoms with Crippen LogP contribution >= 0.6 is 0 Å². The van der Waals surface area contributed by atoms with Crippen molar-refractivity contribution in [2.45, 2.75) is 78.1 Å². The van der Waals surface area contributed by atoms with Crippen LogP contribution in [-0.2, 0) is 4.79 Å². The molecule has 21 heavy (non-hydrogen) atoms. The summed E-state index contributed by atoms with van der Waals surface area (Å²) >= 11 is 0. The van der Waals surface area contributed by atoms with Gasteiger partial charge in [0.05, 0.1) is 0 Å². The lowest BCUT2D eigenvalue weighted by Crippen LogP contribution is -2.52.